The Kier molecular flexibility index (Phi) is 6.89. The second kappa shape index (κ2) is 9.58. The minimum atomic E-state index is -1.11. The number of thiocarbonyl (C=S) groups is 1. The molecule has 0 radical (unpaired) electrons. The topological polar surface area (TPSA) is 91.6 Å². The molecule has 1 heterocycles. The highest BCUT2D eigenvalue weighted by Crippen LogP contribution is 2.28. The zero-order valence-corrected chi connectivity index (χ0v) is 17.5. The van der Waals surface area contributed by atoms with Crippen molar-refractivity contribution in [2.24, 2.45) is 0 Å². The minimum Gasteiger partial charge on any atom is -0.478 e. The second-order valence-corrected chi connectivity index (χ2v) is 7.27. The SMILES string of the molecule is O=C(/C=C/c1ccc(-c2cc(Cl)cc(Cl)c2)o1)NC(=S)Nc1ccccc1C(=O)O. The molecule has 0 aliphatic carbocycles. The molecule has 0 bridgehead atoms. The monoisotopic (exact) mass is 460 g/mol. The lowest BCUT2D eigenvalue weighted by atomic mass is 10.2. The molecule has 0 fully saturated rings. The zero-order chi connectivity index (χ0) is 21.7. The zero-order valence-electron chi connectivity index (χ0n) is 15.2. The van der Waals surface area contributed by atoms with Crippen LogP contribution in [0.2, 0.25) is 10.0 Å². The van der Waals surface area contributed by atoms with Crippen molar-refractivity contribution in [2.75, 3.05) is 5.32 Å². The number of carboxylic acids is 1. The van der Waals surface area contributed by atoms with Crippen LogP contribution < -0.4 is 10.6 Å². The smallest absolute Gasteiger partial charge is 0.337 e. The maximum absolute atomic E-state index is 12.1. The Labute approximate surface area is 187 Å². The number of hydrogen-bond donors (Lipinski definition) is 3. The number of amides is 1. The van der Waals surface area contributed by atoms with Gasteiger partial charge in [-0.1, -0.05) is 35.3 Å². The third kappa shape index (κ3) is 5.70. The Bertz CT molecular complexity index is 1140. The summed E-state index contributed by atoms with van der Waals surface area (Å²) in [6, 6.07) is 14.7. The van der Waals surface area contributed by atoms with Crippen molar-refractivity contribution in [1.82, 2.24) is 5.32 Å². The summed E-state index contributed by atoms with van der Waals surface area (Å²) in [5.41, 5.74) is 1.02. The average molecular weight is 461 g/mol. The number of para-hydroxylation sites is 1. The minimum absolute atomic E-state index is 0.0351. The molecule has 2 aromatic carbocycles. The Hall–Kier alpha value is -3.13. The van der Waals surface area contributed by atoms with Crippen molar-refractivity contribution >= 4 is 64.2 Å². The number of furan rings is 1. The average Bonchev–Trinajstić information content (AvgIpc) is 3.15. The highest BCUT2D eigenvalue weighted by atomic mass is 35.5. The van der Waals surface area contributed by atoms with Crippen molar-refractivity contribution in [3.63, 3.8) is 0 Å². The van der Waals surface area contributed by atoms with Gasteiger partial charge in [-0.25, -0.2) is 4.79 Å². The molecule has 0 aliphatic rings. The van der Waals surface area contributed by atoms with Gasteiger partial charge in [-0.05, 0) is 60.8 Å². The van der Waals surface area contributed by atoms with E-state index in [0.717, 1.165) is 0 Å². The van der Waals surface area contributed by atoms with Crippen LogP contribution in [0.4, 0.5) is 5.69 Å². The van der Waals surface area contributed by atoms with Gasteiger partial charge in [0.15, 0.2) is 5.11 Å². The van der Waals surface area contributed by atoms with Gasteiger partial charge in [-0.3, -0.25) is 10.1 Å². The number of hydrogen-bond acceptors (Lipinski definition) is 4. The lowest BCUT2D eigenvalue weighted by molar-refractivity contribution is -0.115. The van der Waals surface area contributed by atoms with E-state index in [4.69, 9.17) is 39.8 Å². The molecule has 0 unspecified atom stereocenters. The molecule has 0 aliphatic heterocycles. The summed E-state index contributed by atoms with van der Waals surface area (Å²) in [4.78, 5) is 23.3. The highest BCUT2D eigenvalue weighted by molar-refractivity contribution is 7.80. The molecular weight excluding hydrogens is 447 g/mol. The number of carbonyl (C=O) groups is 2. The number of carbonyl (C=O) groups excluding carboxylic acids is 1. The van der Waals surface area contributed by atoms with Crippen molar-refractivity contribution in [3.8, 4) is 11.3 Å². The summed E-state index contributed by atoms with van der Waals surface area (Å²) in [6.07, 6.45) is 2.71. The van der Waals surface area contributed by atoms with Crippen LogP contribution in [0.15, 0.2) is 65.1 Å². The first kappa shape index (κ1) is 21.6. The molecule has 0 spiro atoms. The normalized spacial score (nSPS) is 10.7. The molecule has 30 heavy (non-hydrogen) atoms. The number of carboxylic acid groups (broad SMARTS) is 1. The van der Waals surface area contributed by atoms with Crippen LogP contribution in [0.1, 0.15) is 16.1 Å². The fourth-order valence-corrected chi connectivity index (χ4v) is 3.27. The molecular formula is C21H14Cl2N2O4S. The van der Waals surface area contributed by atoms with E-state index in [0.29, 0.717) is 27.1 Å². The van der Waals surface area contributed by atoms with Crippen LogP contribution in [-0.2, 0) is 4.79 Å². The van der Waals surface area contributed by atoms with Gasteiger partial charge < -0.3 is 14.8 Å². The molecule has 1 amide bonds. The van der Waals surface area contributed by atoms with E-state index in [9.17, 15) is 14.7 Å². The van der Waals surface area contributed by atoms with Crippen molar-refractivity contribution in [2.45, 2.75) is 0 Å². The maximum atomic E-state index is 12.1. The maximum Gasteiger partial charge on any atom is 0.337 e. The lowest BCUT2D eigenvalue weighted by Crippen LogP contribution is -2.33. The van der Waals surface area contributed by atoms with E-state index in [1.54, 1.807) is 48.5 Å². The van der Waals surface area contributed by atoms with Gasteiger partial charge in [-0.15, -0.1) is 0 Å². The van der Waals surface area contributed by atoms with Gasteiger partial charge in [0.2, 0.25) is 5.91 Å². The van der Waals surface area contributed by atoms with Gasteiger partial charge in [0.05, 0.1) is 11.3 Å². The molecule has 0 atom stereocenters. The Balaban J connectivity index is 1.62. The molecule has 6 nitrogen and oxygen atoms in total. The van der Waals surface area contributed by atoms with E-state index < -0.39 is 11.9 Å². The Morgan fingerprint density at radius 3 is 2.43 bits per heavy atom. The molecule has 152 valence electrons. The molecule has 3 N–H and O–H groups in total. The molecule has 0 saturated heterocycles. The summed E-state index contributed by atoms with van der Waals surface area (Å²) < 4.78 is 5.67. The van der Waals surface area contributed by atoms with Crippen LogP contribution in [0.3, 0.4) is 0 Å². The van der Waals surface area contributed by atoms with Crippen molar-refractivity contribution in [3.05, 3.63) is 82.0 Å². The number of nitrogens with one attached hydrogen (secondary N) is 2. The van der Waals surface area contributed by atoms with Gasteiger partial charge in [-0.2, -0.15) is 0 Å². The third-order valence-corrected chi connectivity index (χ3v) is 4.46. The standard InChI is InChI=1S/C21H14Cl2N2O4S/c22-13-9-12(10-14(23)11-13)18-7-5-15(29-18)6-8-19(26)25-21(30)24-17-4-2-1-3-16(17)20(27)28/h1-11H,(H,27,28)(H2,24,25,26,30)/b8-6+. The van der Waals surface area contributed by atoms with E-state index in [1.165, 1.54) is 18.2 Å². The highest BCUT2D eigenvalue weighted by Gasteiger charge is 2.11. The summed E-state index contributed by atoms with van der Waals surface area (Å²) in [7, 11) is 0. The van der Waals surface area contributed by atoms with E-state index >= 15 is 0 Å². The summed E-state index contributed by atoms with van der Waals surface area (Å²) in [5.74, 6) is -0.640. The first-order chi connectivity index (χ1) is 14.3. The fourth-order valence-electron chi connectivity index (χ4n) is 2.54. The summed E-state index contributed by atoms with van der Waals surface area (Å²) >= 11 is 17.1. The van der Waals surface area contributed by atoms with Gasteiger partial charge in [0, 0.05) is 21.7 Å². The summed E-state index contributed by atoms with van der Waals surface area (Å²) in [6.45, 7) is 0. The van der Waals surface area contributed by atoms with Crippen LogP contribution in [0.25, 0.3) is 17.4 Å². The fraction of sp³-hybridized carbons (Fsp3) is 0. The number of anilines is 1. The number of halogens is 2. The largest absolute Gasteiger partial charge is 0.478 e. The van der Waals surface area contributed by atoms with Crippen molar-refractivity contribution < 1.29 is 19.1 Å². The van der Waals surface area contributed by atoms with Crippen LogP contribution >= 0.6 is 35.4 Å². The molecule has 3 rings (SSSR count). The number of benzene rings is 2. The Morgan fingerprint density at radius 1 is 1.03 bits per heavy atom. The predicted molar refractivity (Wildman–Crippen MR) is 121 cm³/mol. The molecule has 1 aromatic heterocycles. The summed E-state index contributed by atoms with van der Waals surface area (Å²) in [5, 5.41) is 15.2. The first-order valence-corrected chi connectivity index (χ1v) is 9.67. The first-order valence-electron chi connectivity index (χ1n) is 8.50. The third-order valence-electron chi connectivity index (χ3n) is 3.82. The molecule has 3 aromatic rings. The number of rotatable bonds is 5. The molecule has 9 heteroatoms. The van der Waals surface area contributed by atoms with Gasteiger partial charge in [0.25, 0.3) is 0 Å². The predicted octanol–water partition coefficient (Wildman–Crippen LogP) is 5.48. The number of aromatic carboxylic acids is 1. The van der Waals surface area contributed by atoms with E-state index in [2.05, 4.69) is 10.6 Å². The van der Waals surface area contributed by atoms with E-state index in [1.807, 2.05) is 0 Å². The van der Waals surface area contributed by atoms with E-state index in [-0.39, 0.29) is 16.4 Å². The second-order valence-electron chi connectivity index (χ2n) is 5.99. The quantitative estimate of drug-likeness (QED) is 0.345. The Morgan fingerprint density at radius 2 is 1.73 bits per heavy atom. The van der Waals surface area contributed by atoms with Crippen molar-refractivity contribution in [1.29, 1.82) is 0 Å². The van der Waals surface area contributed by atoms with Gasteiger partial charge in [0.1, 0.15) is 11.5 Å². The van der Waals surface area contributed by atoms with Crippen LogP contribution in [-0.4, -0.2) is 22.1 Å². The van der Waals surface area contributed by atoms with Gasteiger partial charge >= 0.3 is 5.97 Å². The lowest BCUT2D eigenvalue weighted by Gasteiger charge is -2.10. The van der Waals surface area contributed by atoms with Crippen LogP contribution in [0.5, 0.6) is 0 Å². The molecule has 0 saturated carbocycles. The van der Waals surface area contributed by atoms with Crippen LogP contribution in [0, 0.1) is 0 Å².